The number of halogens is 1. The third-order valence-electron chi connectivity index (χ3n) is 4.73. The number of ether oxygens (including phenoxy) is 2. The standard InChI is InChI=1S/C21H30N4O3.HI/c1-22-21(23-10-5-11-27-16-17-8-12-26-13-9-17)24-15-19-14-20(28-25-19)18-6-3-2-4-7-18;/h2-4,6-7,14,17H,5,8-13,15-16H2,1H3,(H2,22,23,24);1H. The van der Waals surface area contributed by atoms with Gasteiger partial charge in [-0.3, -0.25) is 4.99 Å². The second-order valence-electron chi connectivity index (χ2n) is 6.89. The molecule has 1 aromatic carbocycles. The zero-order chi connectivity index (χ0) is 19.4. The summed E-state index contributed by atoms with van der Waals surface area (Å²) in [5, 5.41) is 10.7. The predicted molar refractivity (Wildman–Crippen MR) is 125 cm³/mol. The highest BCUT2D eigenvalue weighted by atomic mass is 127. The normalized spacial score (nSPS) is 15.0. The molecule has 1 aliphatic rings. The SMILES string of the molecule is CN=C(NCCCOCC1CCOCC1)NCc1cc(-c2ccccc2)on1.I. The van der Waals surface area contributed by atoms with E-state index in [2.05, 4.69) is 20.8 Å². The minimum absolute atomic E-state index is 0. The number of hydrogen-bond acceptors (Lipinski definition) is 5. The van der Waals surface area contributed by atoms with Gasteiger partial charge in [0.15, 0.2) is 11.7 Å². The highest BCUT2D eigenvalue weighted by molar-refractivity contribution is 14.0. The number of hydrogen-bond donors (Lipinski definition) is 2. The summed E-state index contributed by atoms with van der Waals surface area (Å²) >= 11 is 0. The second-order valence-corrected chi connectivity index (χ2v) is 6.89. The zero-order valence-electron chi connectivity index (χ0n) is 16.9. The molecule has 0 unspecified atom stereocenters. The average Bonchev–Trinajstić information content (AvgIpc) is 3.23. The third-order valence-corrected chi connectivity index (χ3v) is 4.73. The minimum Gasteiger partial charge on any atom is -0.381 e. The van der Waals surface area contributed by atoms with Crippen LogP contribution in [0, 0.1) is 5.92 Å². The summed E-state index contributed by atoms with van der Waals surface area (Å²) in [5.74, 6) is 2.16. The minimum atomic E-state index is 0. The average molecular weight is 514 g/mol. The molecule has 2 heterocycles. The Morgan fingerprint density at radius 1 is 1.21 bits per heavy atom. The van der Waals surface area contributed by atoms with Gasteiger partial charge in [0.2, 0.25) is 0 Å². The lowest BCUT2D eigenvalue weighted by Crippen LogP contribution is -2.37. The molecule has 8 heteroatoms. The summed E-state index contributed by atoms with van der Waals surface area (Å²) in [4.78, 5) is 4.24. The maximum Gasteiger partial charge on any atom is 0.191 e. The Labute approximate surface area is 189 Å². The molecule has 2 aromatic rings. The quantitative estimate of drug-likeness (QED) is 0.231. The number of nitrogens with zero attached hydrogens (tertiary/aromatic N) is 2. The fourth-order valence-corrected chi connectivity index (χ4v) is 3.07. The summed E-state index contributed by atoms with van der Waals surface area (Å²) in [6.45, 7) is 4.70. The number of nitrogens with one attached hydrogen (secondary N) is 2. The molecule has 3 rings (SSSR count). The molecule has 0 aliphatic carbocycles. The summed E-state index contributed by atoms with van der Waals surface area (Å²) in [6.07, 6.45) is 3.16. The first-order chi connectivity index (χ1) is 13.8. The van der Waals surface area contributed by atoms with Gasteiger partial charge in [-0.25, -0.2) is 0 Å². The lowest BCUT2D eigenvalue weighted by Gasteiger charge is -2.21. The Kier molecular flexibility index (Phi) is 11.0. The third kappa shape index (κ3) is 8.31. The number of benzene rings is 1. The van der Waals surface area contributed by atoms with Crippen LogP contribution in [0.4, 0.5) is 0 Å². The van der Waals surface area contributed by atoms with Crippen LogP contribution in [0.5, 0.6) is 0 Å². The Hall–Kier alpha value is -1.65. The van der Waals surface area contributed by atoms with Crippen LogP contribution in [0.3, 0.4) is 0 Å². The van der Waals surface area contributed by atoms with Crippen molar-refractivity contribution >= 4 is 29.9 Å². The van der Waals surface area contributed by atoms with Gasteiger partial charge in [0, 0.05) is 51.6 Å². The lowest BCUT2D eigenvalue weighted by molar-refractivity contribution is 0.0203. The first-order valence-corrected chi connectivity index (χ1v) is 9.96. The van der Waals surface area contributed by atoms with Crippen LogP contribution in [-0.4, -0.2) is 51.1 Å². The van der Waals surface area contributed by atoms with Crippen molar-refractivity contribution in [1.29, 1.82) is 0 Å². The van der Waals surface area contributed by atoms with Crippen molar-refractivity contribution in [2.24, 2.45) is 10.9 Å². The Morgan fingerprint density at radius 3 is 2.76 bits per heavy atom. The molecule has 1 fully saturated rings. The van der Waals surface area contributed by atoms with Crippen LogP contribution in [0.1, 0.15) is 25.0 Å². The van der Waals surface area contributed by atoms with E-state index in [4.69, 9.17) is 14.0 Å². The van der Waals surface area contributed by atoms with Gasteiger partial charge in [0.1, 0.15) is 5.69 Å². The van der Waals surface area contributed by atoms with E-state index in [1.165, 1.54) is 0 Å². The van der Waals surface area contributed by atoms with E-state index in [0.29, 0.717) is 12.5 Å². The van der Waals surface area contributed by atoms with E-state index >= 15 is 0 Å². The van der Waals surface area contributed by atoms with Gasteiger partial charge in [-0.1, -0.05) is 35.5 Å². The Morgan fingerprint density at radius 2 is 2.00 bits per heavy atom. The van der Waals surface area contributed by atoms with Crippen molar-refractivity contribution in [2.45, 2.75) is 25.8 Å². The summed E-state index contributed by atoms with van der Waals surface area (Å²) in [7, 11) is 1.76. The Bertz CT molecular complexity index is 718. The number of rotatable bonds is 9. The number of guanidine groups is 1. The van der Waals surface area contributed by atoms with E-state index in [1.54, 1.807) is 7.05 Å². The fourth-order valence-electron chi connectivity index (χ4n) is 3.07. The fraction of sp³-hybridized carbons (Fsp3) is 0.524. The van der Waals surface area contributed by atoms with E-state index in [0.717, 1.165) is 75.2 Å². The van der Waals surface area contributed by atoms with E-state index in [9.17, 15) is 0 Å². The van der Waals surface area contributed by atoms with Crippen LogP contribution < -0.4 is 10.6 Å². The van der Waals surface area contributed by atoms with Crippen molar-refractivity contribution in [2.75, 3.05) is 40.0 Å². The topological polar surface area (TPSA) is 80.9 Å². The second kappa shape index (κ2) is 13.6. The molecular weight excluding hydrogens is 483 g/mol. The Balaban J connectivity index is 0.00000300. The van der Waals surface area contributed by atoms with Crippen molar-refractivity contribution in [3.63, 3.8) is 0 Å². The first kappa shape index (κ1) is 23.6. The molecule has 0 atom stereocenters. The molecule has 0 spiro atoms. The molecule has 160 valence electrons. The molecule has 0 radical (unpaired) electrons. The molecule has 7 nitrogen and oxygen atoms in total. The molecule has 1 saturated heterocycles. The van der Waals surface area contributed by atoms with Crippen molar-refractivity contribution in [1.82, 2.24) is 15.8 Å². The zero-order valence-corrected chi connectivity index (χ0v) is 19.3. The number of aliphatic imine (C=N–C) groups is 1. The summed E-state index contributed by atoms with van der Waals surface area (Å²) < 4.78 is 16.6. The van der Waals surface area contributed by atoms with Crippen LogP contribution in [0.15, 0.2) is 45.9 Å². The van der Waals surface area contributed by atoms with Gasteiger partial charge in [-0.15, -0.1) is 24.0 Å². The molecule has 1 aliphatic heterocycles. The van der Waals surface area contributed by atoms with Gasteiger partial charge in [0.05, 0.1) is 6.54 Å². The lowest BCUT2D eigenvalue weighted by atomic mass is 10.0. The predicted octanol–water partition coefficient (Wildman–Crippen LogP) is 3.46. The van der Waals surface area contributed by atoms with Gasteiger partial charge < -0.3 is 24.6 Å². The highest BCUT2D eigenvalue weighted by Gasteiger charge is 2.13. The van der Waals surface area contributed by atoms with Crippen molar-refractivity contribution in [3.8, 4) is 11.3 Å². The largest absolute Gasteiger partial charge is 0.381 e. The van der Waals surface area contributed by atoms with Crippen molar-refractivity contribution in [3.05, 3.63) is 42.1 Å². The number of aromatic nitrogens is 1. The monoisotopic (exact) mass is 514 g/mol. The van der Waals surface area contributed by atoms with Crippen molar-refractivity contribution < 1.29 is 14.0 Å². The smallest absolute Gasteiger partial charge is 0.191 e. The molecule has 0 amide bonds. The van der Waals surface area contributed by atoms with Gasteiger partial charge >= 0.3 is 0 Å². The molecular formula is C21H31IN4O3. The maximum atomic E-state index is 5.78. The van der Waals surface area contributed by atoms with Crippen LogP contribution in [-0.2, 0) is 16.0 Å². The van der Waals surface area contributed by atoms with E-state index in [-0.39, 0.29) is 24.0 Å². The van der Waals surface area contributed by atoms with Gasteiger partial charge in [-0.05, 0) is 25.2 Å². The van der Waals surface area contributed by atoms with Gasteiger partial charge in [-0.2, -0.15) is 0 Å². The summed E-state index contributed by atoms with van der Waals surface area (Å²) in [6, 6.07) is 11.9. The molecule has 1 aromatic heterocycles. The first-order valence-electron chi connectivity index (χ1n) is 9.96. The molecule has 0 saturated carbocycles. The maximum absolute atomic E-state index is 5.78. The van der Waals surface area contributed by atoms with Gasteiger partial charge in [0.25, 0.3) is 0 Å². The van der Waals surface area contributed by atoms with Crippen LogP contribution in [0.2, 0.25) is 0 Å². The van der Waals surface area contributed by atoms with Crippen LogP contribution >= 0.6 is 24.0 Å². The van der Waals surface area contributed by atoms with Crippen LogP contribution in [0.25, 0.3) is 11.3 Å². The van der Waals surface area contributed by atoms with E-state index in [1.807, 2.05) is 36.4 Å². The van der Waals surface area contributed by atoms with E-state index < -0.39 is 0 Å². The summed E-state index contributed by atoms with van der Waals surface area (Å²) in [5.41, 5.74) is 1.85. The molecule has 29 heavy (non-hydrogen) atoms. The highest BCUT2D eigenvalue weighted by Crippen LogP contribution is 2.19. The molecule has 2 N–H and O–H groups in total. The molecule has 0 bridgehead atoms.